The van der Waals surface area contributed by atoms with Crippen molar-refractivity contribution < 1.29 is 27.5 Å². The number of likely N-dealkylation sites (tertiary alicyclic amines) is 1. The van der Waals surface area contributed by atoms with Gasteiger partial charge in [-0.3, -0.25) is 9.59 Å². The fourth-order valence-corrected chi connectivity index (χ4v) is 3.35. The zero-order valence-corrected chi connectivity index (χ0v) is 13.1. The van der Waals surface area contributed by atoms with Crippen LogP contribution in [0.2, 0.25) is 0 Å². The van der Waals surface area contributed by atoms with Crippen LogP contribution in [0, 0.1) is 5.82 Å². The van der Waals surface area contributed by atoms with Gasteiger partial charge >= 0.3 is 5.97 Å². The Bertz CT molecular complexity index is 714. The number of carboxylic acids is 1. The average molecular weight is 344 g/mol. The number of carbonyl (C=O) groups is 2. The molecular weight excluding hydrogens is 327 g/mol. The van der Waals surface area contributed by atoms with Crippen LogP contribution >= 0.6 is 0 Å². The number of hydrogen-bond acceptors (Lipinski definition) is 4. The number of amides is 1. The van der Waals surface area contributed by atoms with Crippen molar-refractivity contribution in [1.29, 1.82) is 0 Å². The predicted molar refractivity (Wildman–Crippen MR) is 79.0 cm³/mol. The van der Waals surface area contributed by atoms with Crippen molar-refractivity contribution in [3.63, 3.8) is 0 Å². The van der Waals surface area contributed by atoms with Gasteiger partial charge in [0, 0.05) is 19.6 Å². The van der Waals surface area contributed by atoms with Gasteiger partial charge in [0.25, 0.3) is 5.91 Å². The lowest BCUT2D eigenvalue weighted by Gasteiger charge is -2.16. The molecule has 1 aromatic carbocycles. The summed E-state index contributed by atoms with van der Waals surface area (Å²) in [5.74, 6) is -2.52. The summed E-state index contributed by atoms with van der Waals surface area (Å²) in [4.78, 5) is 23.7. The van der Waals surface area contributed by atoms with Gasteiger partial charge in [-0.2, -0.15) is 0 Å². The monoisotopic (exact) mass is 344 g/mol. The molecule has 1 heterocycles. The van der Waals surface area contributed by atoms with Crippen LogP contribution in [-0.2, 0) is 14.8 Å². The van der Waals surface area contributed by atoms with Gasteiger partial charge in [0.15, 0.2) is 0 Å². The number of rotatable bonds is 6. The van der Waals surface area contributed by atoms with E-state index in [0.29, 0.717) is 13.1 Å². The highest BCUT2D eigenvalue weighted by atomic mass is 32.2. The smallest absolute Gasteiger partial charge is 0.304 e. The van der Waals surface area contributed by atoms with Crippen molar-refractivity contribution in [3.8, 4) is 0 Å². The lowest BCUT2D eigenvalue weighted by atomic mass is 10.2. The Morgan fingerprint density at radius 1 is 1.26 bits per heavy atom. The maximum atomic E-state index is 14.1. The molecule has 1 aromatic rings. The molecule has 2 N–H and O–H groups in total. The number of nitrogens with zero attached hydrogens (tertiary/aromatic N) is 1. The van der Waals surface area contributed by atoms with Gasteiger partial charge in [0.1, 0.15) is 5.82 Å². The van der Waals surface area contributed by atoms with Gasteiger partial charge in [-0.1, -0.05) is 0 Å². The minimum absolute atomic E-state index is 0.170. The molecule has 0 spiro atoms. The second kappa shape index (κ2) is 7.05. The highest BCUT2D eigenvalue weighted by molar-refractivity contribution is 7.89. The lowest BCUT2D eigenvalue weighted by molar-refractivity contribution is -0.136. The Hall–Kier alpha value is -2.00. The molecule has 0 aliphatic carbocycles. The third-order valence-electron chi connectivity index (χ3n) is 3.51. The molecule has 1 amide bonds. The first-order valence-corrected chi connectivity index (χ1v) is 8.60. The lowest BCUT2D eigenvalue weighted by Crippen LogP contribution is -2.29. The summed E-state index contributed by atoms with van der Waals surface area (Å²) in [6.07, 6.45) is 1.36. The molecule has 1 saturated heterocycles. The summed E-state index contributed by atoms with van der Waals surface area (Å²) < 4.78 is 40.0. The van der Waals surface area contributed by atoms with Crippen LogP contribution in [0.25, 0.3) is 0 Å². The van der Waals surface area contributed by atoms with E-state index >= 15 is 0 Å². The Morgan fingerprint density at radius 3 is 2.48 bits per heavy atom. The first-order chi connectivity index (χ1) is 10.8. The van der Waals surface area contributed by atoms with Gasteiger partial charge in [-0.05, 0) is 31.0 Å². The van der Waals surface area contributed by atoms with E-state index in [-0.39, 0.29) is 23.4 Å². The van der Waals surface area contributed by atoms with E-state index in [2.05, 4.69) is 4.72 Å². The minimum Gasteiger partial charge on any atom is -0.481 e. The summed E-state index contributed by atoms with van der Waals surface area (Å²) >= 11 is 0. The van der Waals surface area contributed by atoms with Crippen molar-refractivity contribution in [2.45, 2.75) is 24.2 Å². The SMILES string of the molecule is O=C(O)CCNS(=O)(=O)c1ccc(C(=O)N2CCCC2)c(F)c1. The van der Waals surface area contributed by atoms with E-state index in [1.165, 1.54) is 4.90 Å². The molecule has 1 fully saturated rings. The Balaban J connectivity index is 2.14. The first kappa shape index (κ1) is 17.4. The number of aliphatic carboxylic acids is 1. The molecule has 7 nitrogen and oxygen atoms in total. The molecule has 0 unspecified atom stereocenters. The number of hydrogen-bond donors (Lipinski definition) is 2. The van der Waals surface area contributed by atoms with Crippen LogP contribution in [0.5, 0.6) is 0 Å². The normalized spacial score (nSPS) is 14.9. The third-order valence-corrected chi connectivity index (χ3v) is 4.96. The predicted octanol–water partition coefficient (Wildman–Crippen LogP) is 0.815. The average Bonchev–Trinajstić information content (AvgIpc) is 3.00. The maximum Gasteiger partial charge on any atom is 0.304 e. The van der Waals surface area contributed by atoms with Crippen molar-refractivity contribution in [2.24, 2.45) is 0 Å². The molecule has 1 aliphatic heterocycles. The molecule has 2 rings (SSSR count). The number of halogens is 1. The summed E-state index contributed by atoms with van der Waals surface area (Å²) in [5, 5.41) is 8.49. The van der Waals surface area contributed by atoms with Crippen molar-refractivity contribution in [3.05, 3.63) is 29.6 Å². The highest BCUT2D eigenvalue weighted by Crippen LogP contribution is 2.19. The number of nitrogens with one attached hydrogen (secondary N) is 1. The molecule has 23 heavy (non-hydrogen) atoms. The van der Waals surface area contributed by atoms with Crippen LogP contribution in [0.4, 0.5) is 4.39 Å². The third kappa shape index (κ3) is 4.26. The maximum absolute atomic E-state index is 14.1. The summed E-state index contributed by atoms with van der Waals surface area (Å²) in [5.41, 5.74) is -0.170. The largest absolute Gasteiger partial charge is 0.481 e. The minimum atomic E-state index is -4.02. The van der Waals surface area contributed by atoms with Crippen LogP contribution in [0.3, 0.4) is 0 Å². The van der Waals surface area contributed by atoms with Crippen LogP contribution < -0.4 is 4.72 Å². The van der Waals surface area contributed by atoms with E-state index in [9.17, 15) is 22.4 Å². The molecular formula is C14H17FN2O5S. The second-order valence-corrected chi connectivity index (χ2v) is 6.95. The van der Waals surface area contributed by atoms with Gasteiger partial charge in [0.2, 0.25) is 10.0 Å². The van der Waals surface area contributed by atoms with Gasteiger partial charge in [-0.15, -0.1) is 0 Å². The van der Waals surface area contributed by atoms with Crippen LogP contribution in [-0.4, -0.2) is 49.9 Å². The van der Waals surface area contributed by atoms with E-state index < -0.39 is 27.7 Å². The summed E-state index contributed by atoms with van der Waals surface area (Å²) in [7, 11) is -4.02. The molecule has 0 saturated carbocycles. The molecule has 0 atom stereocenters. The molecule has 0 bridgehead atoms. The molecule has 0 radical (unpaired) electrons. The van der Waals surface area contributed by atoms with Crippen LogP contribution in [0.1, 0.15) is 29.6 Å². The fourth-order valence-electron chi connectivity index (χ4n) is 2.30. The standard InChI is InChI=1S/C14H17FN2O5S/c15-12-9-10(23(21,22)16-6-5-13(18)19)3-4-11(12)14(20)17-7-1-2-8-17/h3-4,9,16H,1-2,5-8H2,(H,18,19). The summed E-state index contributed by atoms with van der Waals surface area (Å²) in [6.45, 7) is 0.831. The zero-order valence-electron chi connectivity index (χ0n) is 12.3. The van der Waals surface area contributed by atoms with Crippen molar-refractivity contribution in [1.82, 2.24) is 9.62 Å². The number of carboxylic acid groups (broad SMARTS) is 1. The van der Waals surface area contributed by atoms with Crippen LogP contribution in [0.15, 0.2) is 23.1 Å². The number of carbonyl (C=O) groups excluding carboxylic acids is 1. The topological polar surface area (TPSA) is 104 Å². The van der Waals surface area contributed by atoms with E-state index in [4.69, 9.17) is 5.11 Å². The van der Waals surface area contributed by atoms with Gasteiger partial charge in [0.05, 0.1) is 16.9 Å². The molecule has 9 heteroatoms. The zero-order chi connectivity index (χ0) is 17.0. The molecule has 126 valence electrons. The Kier molecular flexibility index (Phi) is 5.32. The Labute approximate surface area is 133 Å². The van der Waals surface area contributed by atoms with E-state index in [1.807, 2.05) is 0 Å². The second-order valence-electron chi connectivity index (χ2n) is 5.18. The molecule has 0 aromatic heterocycles. The quantitative estimate of drug-likeness (QED) is 0.795. The van der Waals surface area contributed by atoms with Crippen molar-refractivity contribution in [2.75, 3.05) is 19.6 Å². The first-order valence-electron chi connectivity index (χ1n) is 7.11. The fraction of sp³-hybridized carbons (Fsp3) is 0.429. The van der Waals surface area contributed by atoms with Gasteiger partial charge in [-0.25, -0.2) is 17.5 Å². The molecule has 1 aliphatic rings. The van der Waals surface area contributed by atoms with Crippen molar-refractivity contribution >= 4 is 21.9 Å². The number of sulfonamides is 1. The van der Waals surface area contributed by atoms with Gasteiger partial charge < -0.3 is 10.0 Å². The van der Waals surface area contributed by atoms with E-state index in [0.717, 1.165) is 31.0 Å². The highest BCUT2D eigenvalue weighted by Gasteiger charge is 2.24. The van der Waals surface area contributed by atoms with E-state index in [1.54, 1.807) is 0 Å². The Morgan fingerprint density at radius 2 is 1.91 bits per heavy atom. The number of benzene rings is 1. The summed E-state index contributed by atoms with van der Waals surface area (Å²) in [6, 6.07) is 3.05.